The lowest BCUT2D eigenvalue weighted by Crippen LogP contribution is -2.12. The molecule has 92 valence electrons. The Kier molecular flexibility index (Phi) is 2.33. The van der Waals surface area contributed by atoms with E-state index in [0.717, 1.165) is 18.0 Å². The summed E-state index contributed by atoms with van der Waals surface area (Å²) in [7, 11) is 2.02. The van der Waals surface area contributed by atoms with Crippen molar-refractivity contribution in [2.24, 2.45) is 11.3 Å². The predicted molar refractivity (Wildman–Crippen MR) is 66.5 cm³/mol. The molecule has 1 aromatic rings. The lowest BCUT2D eigenvalue weighted by molar-refractivity contribution is 0.174. The van der Waals surface area contributed by atoms with E-state index in [1.165, 1.54) is 5.56 Å². The highest BCUT2D eigenvalue weighted by Gasteiger charge is 2.57. The smallest absolute Gasteiger partial charge is 0.231 e. The molecular formula is C14H19NO2. The van der Waals surface area contributed by atoms with Crippen LogP contribution in [0.5, 0.6) is 11.5 Å². The maximum absolute atomic E-state index is 5.44. The molecule has 0 radical (unpaired) electrons. The molecule has 1 fully saturated rings. The van der Waals surface area contributed by atoms with Crippen LogP contribution in [0.3, 0.4) is 0 Å². The van der Waals surface area contributed by atoms with E-state index in [0.29, 0.717) is 24.0 Å². The number of rotatable bonds is 3. The van der Waals surface area contributed by atoms with Crippen molar-refractivity contribution in [3.05, 3.63) is 23.8 Å². The Bertz CT molecular complexity index is 442. The SMILES string of the molecule is CNCC1C(c2ccc3c(c2)OCO3)C1(C)C. The van der Waals surface area contributed by atoms with E-state index in [9.17, 15) is 0 Å². The second kappa shape index (κ2) is 3.64. The average Bonchev–Trinajstić information content (AvgIpc) is 2.68. The minimum atomic E-state index is 0.354. The molecule has 1 aliphatic heterocycles. The molecule has 1 heterocycles. The average molecular weight is 233 g/mol. The van der Waals surface area contributed by atoms with Gasteiger partial charge in [-0.2, -0.15) is 0 Å². The molecule has 1 aliphatic carbocycles. The number of ether oxygens (including phenoxy) is 2. The lowest BCUT2D eigenvalue weighted by Gasteiger charge is -2.04. The summed E-state index contributed by atoms with van der Waals surface area (Å²) in [6.45, 7) is 6.10. The first-order chi connectivity index (χ1) is 8.14. The van der Waals surface area contributed by atoms with Crippen molar-refractivity contribution < 1.29 is 9.47 Å². The van der Waals surface area contributed by atoms with E-state index in [2.05, 4.69) is 31.3 Å². The number of hydrogen-bond donors (Lipinski definition) is 1. The van der Waals surface area contributed by atoms with Crippen LogP contribution >= 0.6 is 0 Å². The first-order valence-electron chi connectivity index (χ1n) is 6.18. The van der Waals surface area contributed by atoms with E-state index in [1.54, 1.807) is 0 Å². The maximum Gasteiger partial charge on any atom is 0.231 e. The fraction of sp³-hybridized carbons (Fsp3) is 0.571. The highest BCUT2D eigenvalue weighted by molar-refractivity contribution is 5.47. The summed E-state index contributed by atoms with van der Waals surface area (Å²) >= 11 is 0. The van der Waals surface area contributed by atoms with Crippen LogP contribution < -0.4 is 14.8 Å². The number of benzene rings is 1. The van der Waals surface area contributed by atoms with Crippen LogP contribution in [-0.2, 0) is 0 Å². The monoisotopic (exact) mass is 233 g/mol. The van der Waals surface area contributed by atoms with Crippen LogP contribution in [0.25, 0.3) is 0 Å². The Morgan fingerprint density at radius 1 is 1.29 bits per heavy atom. The number of nitrogens with one attached hydrogen (secondary N) is 1. The summed E-state index contributed by atoms with van der Waals surface area (Å²) in [5, 5.41) is 3.28. The van der Waals surface area contributed by atoms with Gasteiger partial charge in [0.2, 0.25) is 6.79 Å². The third-order valence-electron chi connectivity index (χ3n) is 4.23. The molecule has 0 spiro atoms. The van der Waals surface area contributed by atoms with Gasteiger partial charge in [0.15, 0.2) is 11.5 Å². The molecule has 1 N–H and O–H groups in total. The standard InChI is InChI=1S/C14H19NO2/c1-14(2)10(7-15-3)13(14)9-4-5-11-12(6-9)17-8-16-11/h4-6,10,13,15H,7-8H2,1-3H3. The summed E-state index contributed by atoms with van der Waals surface area (Å²) in [4.78, 5) is 0. The summed E-state index contributed by atoms with van der Waals surface area (Å²) in [6, 6.07) is 6.35. The Labute approximate surface area is 102 Å². The molecule has 2 aliphatic rings. The van der Waals surface area contributed by atoms with Gasteiger partial charge >= 0.3 is 0 Å². The van der Waals surface area contributed by atoms with Crippen LogP contribution in [0.2, 0.25) is 0 Å². The van der Waals surface area contributed by atoms with Gasteiger partial charge in [0, 0.05) is 0 Å². The van der Waals surface area contributed by atoms with Crippen molar-refractivity contribution in [3.8, 4) is 11.5 Å². The zero-order valence-electron chi connectivity index (χ0n) is 10.6. The molecular weight excluding hydrogens is 214 g/mol. The zero-order chi connectivity index (χ0) is 12.0. The Morgan fingerprint density at radius 3 is 2.82 bits per heavy atom. The van der Waals surface area contributed by atoms with Crippen molar-refractivity contribution in [1.29, 1.82) is 0 Å². The van der Waals surface area contributed by atoms with Crippen molar-refractivity contribution >= 4 is 0 Å². The number of hydrogen-bond acceptors (Lipinski definition) is 3. The summed E-state index contributed by atoms with van der Waals surface area (Å²) < 4.78 is 10.8. The minimum absolute atomic E-state index is 0.354. The molecule has 1 saturated carbocycles. The third kappa shape index (κ3) is 1.61. The van der Waals surface area contributed by atoms with Crippen LogP contribution in [0.4, 0.5) is 0 Å². The fourth-order valence-corrected chi connectivity index (χ4v) is 3.11. The number of fused-ring (bicyclic) bond motifs is 1. The van der Waals surface area contributed by atoms with Crippen molar-refractivity contribution in [2.75, 3.05) is 20.4 Å². The molecule has 3 heteroatoms. The molecule has 0 bridgehead atoms. The molecule has 0 aromatic heterocycles. The summed E-state index contributed by atoms with van der Waals surface area (Å²) in [6.07, 6.45) is 0. The first kappa shape index (κ1) is 10.9. The van der Waals surface area contributed by atoms with Gasteiger partial charge in [0.25, 0.3) is 0 Å². The van der Waals surface area contributed by atoms with Gasteiger partial charge in [-0.25, -0.2) is 0 Å². The normalized spacial score (nSPS) is 28.2. The van der Waals surface area contributed by atoms with E-state index in [-0.39, 0.29) is 0 Å². The maximum atomic E-state index is 5.44. The van der Waals surface area contributed by atoms with Gasteiger partial charge in [-0.1, -0.05) is 19.9 Å². The zero-order valence-corrected chi connectivity index (χ0v) is 10.6. The predicted octanol–water partition coefficient (Wildman–Crippen LogP) is 2.37. The third-order valence-corrected chi connectivity index (χ3v) is 4.23. The lowest BCUT2D eigenvalue weighted by atomic mass is 10.0. The second-order valence-corrected chi connectivity index (χ2v) is 5.58. The van der Waals surface area contributed by atoms with Crippen molar-refractivity contribution in [1.82, 2.24) is 5.32 Å². The van der Waals surface area contributed by atoms with E-state index in [4.69, 9.17) is 9.47 Å². The molecule has 1 aromatic carbocycles. The van der Waals surface area contributed by atoms with Gasteiger partial charge in [0.1, 0.15) is 0 Å². The van der Waals surface area contributed by atoms with Gasteiger partial charge in [-0.15, -0.1) is 0 Å². The quantitative estimate of drug-likeness (QED) is 0.869. The molecule has 17 heavy (non-hydrogen) atoms. The van der Waals surface area contributed by atoms with Gasteiger partial charge in [-0.05, 0) is 48.5 Å². The summed E-state index contributed by atoms with van der Waals surface area (Å²) in [5.74, 6) is 3.11. The van der Waals surface area contributed by atoms with Crippen molar-refractivity contribution in [3.63, 3.8) is 0 Å². The topological polar surface area (TPSA) is 30.5 Å². The Balaban J connectivity index is 1.86. The molecule has 2 unspecified atom stereocenters. The van der Waals surface area contributed by atoms with Crippen LogP contribution in [0, 0.1) is 11.3 Å². The minimum Gasteiger partial charge on any atom is -0.454 e. The highest BCUT2D eigenvalue weighted by atomic mass is 16.7. The van der Waals surface area contributed by atoms with E-state index >= 15 is 0 Å². The van der Waals surface area contributed by atoms with Crippen molar-refractivity contribution in [2.45, 2.75) is 19.8 Å². The Morgan fingerprint density at radius 2 is 2.06 bits per heavy atom. The molecule has 0 amide bonds. The molecule has 0 saturated heterocycles. The fourth-order valence-electron chi connectivity index (χ4n) is 3.11. The van der Waals surface area contributed by atoms with Gasteiger partial charge in [-0.3, -0.25) is 0 Å². The van der Waals surface area contributed by atoms with Crippen LogP contribution in [0.1, 0.15) is 25.3 Å². The van der Waals surface area contributed by atoms with Gasteiger partial charge < -0.3 is 14.8 Å². The van der Waals surface area contributed by atoms with Crippen LogP contribution in [-0.4, -0.2) is 20.4 Å². The van der Waals surface area contributed by atoms with E-state index in [1.807, 2.05) is 13.1 Å². The van der Waals surface area contributed by atoms with Gasteiger partial charge in [0.05, 0.1) is 0 Å². The highest BCUT2D eigenvalue weighted by Crippen LogP contribution is 2.64. The second-order valence-electron chi connectivity index (χ2n) is 5.58. The summed E-state index contributed by atoms with van der Waals surface area (Å²) in [5.41, 5.74) is 1.76. The van der Waals surface area contributed by atoms with Crippen LogP contribution in [0.15, 0.2) is 18.2 Å². The molecule has 3 nitrogen and oxygen atoms in total. The molecule has 2 atom stereocenters. The van der Waals surface area contributed by atoms with E-state index < -0.39 is 0 Å². The first-order valence-corrected chi connectivity index (χ1v) is 6.18. The largest absolute Gasteiger partial charge is 0.454 e. The Hall–Kier alpha value is -1.22. The molecule has 3 rings (SSSR count).